The van der Waals surface area contributed by atoms with Crippen molar-refractivity contribution in [1.29, 1.82) is 0 Å². The van der Waals surface area contributed by atoms with Crippen LogP contribution in [0.25, 0.3) is 0 Å². The molecular formula is C15H29FO. The third kappa shape index (κ3) is 3.67. The summed E-state index contributed by atoms with van der Waals surface area (Å²) in [6.07, 6.45) is 6.97. The van der Waals surface area contributed by atoms with E-state index in [0.717, 1.165) is 19.3 Å². The van der Waals surface area contributed by atoms with Gasteiger partial charge in [-0.05, 0) is 31.6 Å². The molecule has 0 radical (unpaired) electrons. The zero-order valence-electron chi connectivity index (χ0n) is 12.2. The third-order valence-corrected chi connectivity index (χ3v) is 4.62. The molecule has 0 bridgehead atoms. The van der Waals surface area contributed by atoms with Crippen LogP contribution in [0.5, 0.6) is 0 Å². The van der Waals surface area contributed by atoms with Crippen LogP contribution < -0.4 is 0 Å². The highest BCUT2D eigenvalue weighted by Crippen LogP contribution is 2.39. The van der Waals surface area contributed by atoms with E-state index in [4.69, 9.17) is 4.74 Å². The maximum atomic E-state index is 14.5. The van der Waals surface area contributed by atoms with Crippen molar-refractivity contribution in [2.24, 2.45) is 5.41 Å². The predicted molar refractivity (Wildman–Crippen MR) is 71.0 cm³/mol. The molecule has 0 heterocycles. The molecule has 1 unspecified atom stereocenters. The molecule has 0 aromatic rings. The molecule has 0 N–H and O–H groups in total. The summed E-state index contributed by atoms with van der Waals surface area (Å²) in [5.41, 5.74) is -1.67. The number of rotatable bonds is 4. The van der Waals surface area contributed by atoms with Crippen molar-refractivity contribution in [2.45, 2.75) is 84.4 Å². The first kappa shape index (κ1) is 14.9. The van der Waals surface area contributed by atoms with Gasteiger partial charge in [0.2, 0.25) is 0 Å². The summed E-state index contributed by atoms with van der Waals surface area (Å²) in [6, 6.07) is 0. The molecule has 1 nitrogen and oxygen atoms in total. The maximum Gasteiger partial charge on any atom is 0.136 e. The van der Waals surface area contributed by atoms with Crippen LogP contribution in [-0.2, 0) is 4.74 Å². The standard InChI is InChI=1S/C15H29FO/c1-6-15(10-8-7-9-11-15)17-12-14(5,16)13(2,3)4/h6-12H2,1-5H3. The van der Waals surface area contributed by atoms with Gasteiger partial charge in [0.05, 0.1) is 12.2 Å². The first-order valence-corrected chi connectivity index (χ1v) is 7.05. The van der Waals surface area contributed by atoms with E-state index < -0.39 is 5.67 Å². The van der Waals surface area contributed by atoms with Crippen LogP contribution in [0.4, 0.5) is 4.39 Å². The molecule has 102 valence electrons. The molecule has 0 aromatic heterocycles. The Hall–Kier alpha value is -0.110. The molecule has 1 rings (SSSR count). The number of ether oxygens (including phenoxy) is 1. The second-order valence-corrected chi connectivity index (χ2v) is 6.83. The second kappa shape index (κ2) is 5.26. The van der Waals surface area contributed by atoms with Crippen LogP contribution in [0.3, 0.4) is 0 Å². The van der Waals surface area contributed by atoms with Gasteiger partial charge in [0.15, 0.2) is 0 Å². The number of hydrogen-bond acceptors (Lipinski definition) is 1. The fourth-order valence-corrected chi connectivity index (χ4v) is 2.30. The number of hydrogen-bond donors (Lipinski definition) is 0. The summed E-state index contributed by atoms with van der Waals surface area (Å²) in [4.78, 5) is 0. The van der Waals surface area contributed by atoms with E-state index in [1.54, 1.807) is 6.92 Å². The molecule has 1 aliphatic rings. The largest absolute Gasteiger partial charge is 0.372 e. The summed E-state index contributed by atoms with van der Waals surface area (Å²) in [7, 11) is 0. The van der Waals surface area contributed by atoms with Crippen molar-refractivity contribution >= 4 is 0 Å². The molecule has 0 saturated heterocycles. The lowest BCUT2D eigenvalue weighted by Gasteiger charge is -2.41. The fourth-order valence-electron chi connectivity index (χ4n) is 2.30. The Morgan fingerprint density at radius 3 is 2.00 bits per heavy atom. The Morgan fingerprint density at radius 1 is 1.06 bits per heavy atom. The minimum absolute atomic E-state index is 0.0448. The topological polar surface area (TPSA) is 9.23 Å². The first-order chi connectivity index (χ1) is 7.72. The van der Waals surface area contributed by atoms with Crippen molar-refractivity contribution in [1.82, 2.24) is 0 Å². The van der Waals surface area contributed by atoms with E-state index in [0.29, 0.717) is 0 Å². The van der Waals surface area contributed by atoms with Crippen LogP contribution in [0.1, 0.15) is 73.1 Å². The molecule has 2 heteroatoms. The van der Waals surface area contributed by atoms with Gasteiger partial charge < -0.3 is 4.74 Å². The van der Waals surface area contributed by atoms with Crippen molar-refractivity contribution in [3.05, 3.63) is 0 Å². The van der Waals surface area contributed by atoms with Crippen LogP contribution in [0, 0.1) is 5.41 Å². The highest BCUT2D eigenvalue weighted by Gasteiger charge is 2.41. The van der Waals surface area contributed by atoms with E-state index in [-0.39, 0.29) is 17.6 Å². The Bertz CT molecular complexity index is 234. The van der Waals surface area contributed by atoms with Crippen LogP contribution >= 0.6 is 0 Å². The minimum atomic E-state index is -1.26. The average Bonchev–Trinajstić information content (AvgIpc) is 2.26. The van der Waals surface area contributed by atoms with E-state index in [1.165, 1.54) is 19.3 Å². The minimum Gasteiger partial charge on any atom is -0.372 e. The molecule has 1 fully saturated rings. The fraction of sp³-hybridized carbons (Fsp3) is 1.00. The monoisotopic (exact) mass is 244 g/mol. The Labute approximate surface area is 106 Å². The van der Waals surface area contributed by atoms with Gasteiger partial charge in [0.1, 0.15) is 5.67 Å². The molecule has 0 aromatic carbocycles. The summed E-state index contributed by atoms with van der Waals surface area (Å²) in [6.45, 7) is 9.88. The predicted octanol–water partition coefficient (Wildman–Crippen LogP) is 4.89. The highest BCUT2D eigenvalue weighted by atomic mass is 19.1. The maximum absolute atomic E-state index is 14.5. The molecule has 1 saturated carbocycles. The van der Waals surface area contributed by atoms with Crippen molar-refractivity contribution < 1.29 is 9.13 Å². The molecule has 0 aliphatic heterocycles. The second-order valence-electron chi connectivity index (χ2n) is 6.83. The van der Waals surface area contributed by atoms with Crippen LogP contribution in [0.15, 0.2) is 0 Å². The van der Waals surface area contributed by atoms with Crippen LogP contribution in [-0.4, -0.2) is 17.9 Å². The van der Waals surface area contributed by atoms with Gasteiger partial charge in [-0.3, -0.25) is 0 Å². The summed E-state index contributed by atoms with van der Waals surface area (Å²) in [5.74, 6) is 0. The summed E-state index contributed by atoms with van der Waals surface area (Å²) >= 11 is 0. The zero-order chi connectivity index (χ0) is 13.2. The lowest BCUT2D eigenvalue weighted by Crippen LogP contribution is -2.45. The molecule has 1 atom stereocenters. The summed E-state index contributed by atoms with van der Waals surface area (Å²) in [5, 5.41) is 0. The van der Waals surface area contributed by atoms with Crippen LogP contribution in [0.2, 0.25) is 0 Å². The van der Waals surface area contributed by atoms with Gasteiger partial charge in [-0.25, -0.2) is 4.39 Å². The van der Waals surface area contributed by atoms with E-state index in [2.05, 4.69) is 6.92 Å². The van der Waals surface area contributed by atoms with E-state index in [9.17, 15) is 4.39 Å². The van der Waals surface area contributed by atoms with Crippen molar-refractivity contribution in [3.63, 3.8) is 0 Å². The molecule has 1 aliphatic carbocycles. The van der Waals surface area contributed by atoms with E-state index >= 15 is 0 Å². The summed E-state index contributed by atoms with van der Waals surface area (Å²) < 4.78 is 20.6. The Kier molecular flexibility index (Phi) is 4.62. The highest BCUT2D eigenvalue weighted by molar-refractivity contribution is 4.90. The van der Waals surface area contributed by atoms with Gasteiger partial charge in [0.25, 0.3) is 0 Å². The zero-order valence-corrected chi connectivity index (χ0v) is 12.2. The van der Waals surface area contributed by atoms with Crippen molar-refractivity contribution in [3.8, 4) is 0 Å². The molecule has 0 spiro atoms. The SMILES string of the molecule is CCC1(OCC(C)(F)C(C)(C)C)CCCCC1. The van der Waals surface area contributed by atoms with Crippen molar-refractivity contribution in [2.75, 3.05) is 6.61 Å². The van der Waals surface area contributed by atoms with Gasteiger partial charge >= 0.3 is 0 Å². The van der Waals surface area contributed by atoms with Gasteiger partial charge in [-0.15, -0.1) is 0 Å². The smallest absolute Gasteiger partial charge is 0.136 e. The van der Waals surface area contributed by atoms with Gasteiger partial charge in [0, 0.05) is 0 Å². The quantitative estimate of drug-likeness (QED) is 0.684. The molecule has 0 amide bonds. The number of halogens is 1. The average molecular weight is 244 g/mol. The molecular weight excluding hydrogens is 215 g/mol. The van der Waals surface area contributed by atoms with E-state index in [1.807, 2.05) is 20.8 Å². The van der Waals surface area contributed by atoms with Gasteiger partial charge in [-0.1, -0.05) is 47.0 Å². The molecule has 17 heavy (non-hydrogen) atoms. The lowest BCUT2D eigenvalue weighted by molar-refractivity contribution is -0.131. The Balaban J connectivity index is 2.58. The number of alkyl halides is 1. The van der Waals surface area contributed by atoms with Gasteiger partial charge in [-0.2, -0.15) is 0 Å². The lowest BCUT2D eigenvalue weighted by atomic mass is 9.79. The normalized spacial score (nSPS) is 24.4. The third-order valence-electron chi connectivity index (χ3n) is 4.62. The Morgan fingerprint density at radius 2 is 1.59 bits per heavy atom. The first-order valence-electron chi connectivity index (χ1n) is 7.05.